The Morgan fingerprint density at radius 1 is 0.354 bits per heavy atom. The average molecular weight is 667 g/mol. The van der Waals surface area contributed by atoms with Crippen LogP contribution in [0, 0.1) is 0 Å². The van der Waals surface area contributed by atoms with Crippen molar-refractivity contribution in [1.29, 1.82) is 0 Å². The minimum Gasteiger partial charge on any atom is -0.497 e. The maximum absolute atomic E-state index is 7.72. The molecule has 0 N–H and O–H groups in total. The monoisotopic (exact) mass is 666 g/mol. The summed E-state index contributed by atoms with van der Waals surface area (Å²) < 4.78 is 26.6. The van der Waals surface area contributed by atoms with Gasteiger partial charge in [-0.2, -0.15) is 0 Å². The molecule has 2 atom stereocenters. The van der Waals surface area contributed by atoms with E-state index in [1.807, 2.05) is 24.3 Å². The summed E-state index contributed by atoms with van der Waals surface area (Å²) in [6, 6.07) is 59.0. The van der Waals surface area contributed by atoms with Gasteiger partial charge >= 0.3 is 0 Å². The van der Waals surface area contributed by atoms with Gasteiger partial charge in [-0.15, -0.1) is 0 Å². The molecule has 0 aliphatic rings. The van der Waals surface area contributed by atoms with Crippen molar-refractivity contribution in [3.63, 3.8) is 0 Å². The molecule has 0 unspecified atom stereocenters. The highest BCUT2D eigenvalue weighted by Crippen LogP contribution is 2.40. The molecular formula is C42H42O4Si2. The number of rotatable bonds is 13. The van der Waals surface area contributed by atoms with E-state index in [4.69, 9.17) is 18.3 Å². The Labute approximate surface area is 286 Å². The van der Waals surface area contributed by atoms with Gasteiger partial charge in [0.2, 0.25) is 0 Å². The van der Waals surface area contributed by atoms with E-state index in [2.05, 4.69) is 159 Å². The third-order valence-corrected chi connectivity index (χ3v) is 16.4. The van der Waals surface area contributed by atoms with Crippen molar-refractivity contribution >= 4 is 37.4 Å². The fourth-order valence-electron chi connectivity index (χ4n) is 6.33. The van der Waals surface area contributed by atoms with E-state index in [9.17, 15) is 0 Å². The standard InChI is InChI=1S/C42H42O4Si2/c1-43-35-29-25-33(26-30-35)41(45-47(3,37-17-9-5-10-18-37)38-19-11-6-12-20-38)42(34-27-31-36(44-2)32-28-34)46-48(4,39-21-13-7-14-22-39)40-23-15-8-16-24-40/h5-32,41-42H,1-4H3/t41-,42-/m1/s1. The molecule has 6 aromatic rings. The van der Waals surface area contributed by atoms with Crippen LogP contribution in [-0.4, -0.2) is 30.9 Å². The summed E-state index contributed by atoms with van der Waals surface area (Å²) in [6.07, 6.45) is -0.943. The topological polar surface area (TPSA) is 36.9 Å². The quantitative estimate of drug-likeness (QED) is 0.121. The van der Waals surface area contributed by atoms with Crippen molar-refractivity contribution < 1.29 is 18.3 Å². The van der Waals surface area contributed by atoms with E-state index in [-0.39, 0.29) is 0 Å². The van der Waals surface area contributed by atoms with Crippen molar-refractivity contribution in [3.05, 3.63) is 181 Å². The Morgan fingerprint density at radius 3 is 0.833 bits per heavy atom. The van der Waals surface area contributed by atoms with Gasteiger partial charge in [0.05, 0.1) is 14.2 Å². The van der Waals surface area contributed by atoms with E-state index >= 15 is 0 Å². The lowest BCUT2D eigenvalue weighted by Crippen LogP contribution is -2.61. The molecule has 0 saturated heterocycles. The molecule has 6 heteroatoms. The van der Waals surface area contributed by atoms with Gasteiger partial charge in [0.1, 0.15) is 23.7 Å². The lowest BCUT2D eigenvalue weighted by Gasteiger charge is -2.41. The Bertz CT molecular complexity index is 1630. The van der Waals surface area contributed by atoms with Crippen molar-refractivity contribution in [1.82, 2.24) is 0 Å². The molecular weight excluding hydrogens is 625 g/mol. The lowest BCUT2D eigenvalue weighted by atomic mass is 9.98. The summed E-state index contributed by atoms with van der Waals surface area (Å²) in [4.78, 5) is 0. The van der Waals surface area contributed by atoms with E-state index in [1.54, 1.807) is 14.2 Å². The van der Waals surface area contributed by atoms with Gasteiger partial charge in [-0.3, -0.25) is 0 Å². The first-order chi connectivity index (χ1) is 23.4. The van der Waals surface area contributed by atoms with E-state index in [0.717, 1.165) is 22.6 Å². The SMILES string of the molecule is COc1ccc([C@@H](O[Si](C)(c2ccccc2)c2ccccc2)[C@H](O[Si](C)(c2ccccc2)c2ccccc2)c2ccc(OC)cc2)cc1. The van der Waals surface area contributed by atoms with Crippen LogP contribution in [-0.2, 0) is 8.85 Å². The van der Waals surface area contributed by atoms with Crippen LogP contribution in [0.3, 0.4) is 0 Å². The minimum absolute atomic E-state index is 0.472. The van der Waals surface area contributed by atoms with Gasteiger partial charge in [-0.1, -0.05) is 146 Å². The zero-order valence-electron chi connectivity index (χ0n) is 28.0. The summed E-state index contributed by atoms with van der Waals surface area (Å²) in [5, 5.41) is 4.76. The van der Waals surface area contributed by atoms with Gasteiger partial charge in [0.25, 0.3) is 16.6 Å². The zero-order chi connectivity index (χ0) is 33.4. The third-order valence-electron chi connectivity index (χ3n) is 9.19. The van der Waals surface area contributed by atoms with Crippen molar-refractivity contribution in [2.75, 3.05) is 14.2 Å². The fraction of sp³-hybridized carbons (Fsp3) is 0.143. The number of methoxy groups -OCH3 is 2. The third kappa shape index (κ3) is 7.08. The molecule has 0 spiro atoms. The highest BCUT2D eigenvalue weighted by Gasteiger charge is 2.44. The van der Waals surface area contributed by atoms with E-state index in [0.29, 0.717) is 0 Å². The van der Waals surface area contributed by atoms with Crippen molar-refractivity contribution in [2.24, 2.45) is 0 Å². The molecule has 0 saturated carbocycles. The molecule has 0 aliphatic carbocycles. The molecule has 0 bridgehead atoms. The van der Waals surface area contributed by atoms with Crippen molar-refractivity contribution in [2.45, 2.75) is 25.3 Å². The molecule has 0 radical (unpaired) electrons. The van der Waals surface area contributed by atoms with Crippen LogP contribution < -0.4 is 30.2 Å². The Kier molecular flexibility index (Phi) is 10.4. The summed E-state index contributed by atoms with van der Waals surface area (Å²) in [5.74, 6) is 1.58. The summed E-state index contributed by atoms with van der Waals surface area (Å²) in [7, 11) is -2.29. The van der Waals surface area contributed by atoms with Crippen LogP contribution in [0.4, 0.5) is 0 Å². The molecule has 0 aromatic heterocycles. The number of benzene rings is 6. The molecule has 48 heavy (non-hydrogen) atoms. The van der Waals surface area contributed by atoms with Crippen LogP contribution in [0.15, 0.2) is 170 Å². The number of hydrogen-bond acceptors (Lipinski definition) is 4. The Morgan fingerprint density at radius 2 is 0.604 bits per heavy atom. The van der Waals surface area contributed by atoms with Crippen LogP contribution in [0.5, 0.6) is 11.5 Å². The lowest BCUT2D eigenvalue weighted by molar-refractivity contribution is 0.0468. The highest BCUT2D eigenvalue weighted by molar-refractivity contribution is 6.97. The molecule has 6 rings (SSSR count). The smallest absolute Gasteiger partial charge is 0.253 e. The predicted octanol–water partition coefficient (Wildman–Crippen LogP) is 7.30. The summed E-state index contributed by atoms with van der Waals surface area (Å²) >= 11 is 0. The average Bonchev–Trinajstić information content (AvgIpc) is 3.17. The molecule has 0 amide bonds. The first kappa shape index (κ1) is 33.2. The maximum atomic E-state index is 7.72. The minimum atomic E-state index is -2.84. The zero-order valence-corrected chi connectivity index (χ0v) is 30.0. The van der Waals surface area contributed by atoms with Gasteiger partial charge in [0.15, 0.2) is 0 Å². The van der Waals surface area contributed by atoms with Crippen LogP contribution >= 0.6 is 0 Å². The highest BCUT2D eigenvalue weighted by atomic mass is 28.4. The second kappa shape index (κ2) is 15.0. The van der Waals surface area contributed by atoms with E-state index in [1.165, 1.54) is 20.7 Å². The van der Waals surface area contributed by atoms with Crippen LogP contribution in [0.25, 0.3) is 0 Å². The molecule has 4 nitrogen and oxygen atoms in total. The molecule has 242 valence electrons. The number of ether oxygens (including phenoxy) is 2. The second-order valence-corrected chi connectivity index (χ2v) is 19.1. The molecule has 0 aliphatic heterocycles. The molecule has 0 heterocycles. The Balaban J connectivity index is 1.58. The first-order valence-electron chi connectivity index (χ1n) is 16.3. The second-order valence-electron chi connectivity index (χ2n) is 12.2. The van der Waals surface area contributed by atoms with Gasteiger partial charge in [0, 0.05) is 0 Å². The predicted molar refractivity (Wildman–Crippen MR) is 201 cm³/mol. The van der Waals surface area contributed by atoms with E-state index < -0.39 is 28.8 Å². The summed E-state index contributed by atoms with van der Waals surface area (Å²) in [6.45, 7) is 4.59. The van der Waals surface area contributed by atoms with Crippen LogP contribution in [0.2, 0.25) is 13.1 Å². The van der Waals surface area contributed by atoms with Crippen molar-refractivity contribution in [3.8, 4) is 11.5 Å². The first-order valence-corrected chi connectivity index (χ1v) is 21.1. The molecule has 0 fully saturated rings. The molecule has 6 aromatic carbocycles. The van der Waals surface area contributed by atoms with Crippen LogP contribution in [0.1, 0.15) is 23.3 Å². The normalized spacial score (nSPS) is 13.0. The largest absolute Gasteiger partial charge is 0.497 e. The Hall–Kier alpha value is -4.73. The number of hydrogen-bond donors (Lipinski definition) is 0. The van der Waals surface area contributed by atoms with Gasteiger partial charge in [-0.25, -0.2) is 0 Å². The fourth-order valence-corrected chi connectivity index (χ4v) is 12.4. The summed E-state index contributed by atoms with van der Waals surface area (Å²) in [5.41, 5.74) is 2.03. The maximum Gasteiger partial charge on any atom is 0.253 e. The van der Waals surface area contributed by atoms with Gasteiger partial charge in [-0.05, 0) is 69.2 Å². The van der Waals surface area contributed by atoms with Gasteiger partial charge < -0.3 is 18.3 Å².